The number of aliphatic hydroxyl groups is 1. The van der Waals surface area contributed by atoms with E-state index in [1.165, 1.54) is 0 Å². The molecular formula is C16H22O4. The lowest BCUT2D eigenvalue weighted by atomic mass is 9.79. The van der Waals surface area contributed by atoms with Crippen LogP contribution in [0.15, 0.2) is 24.3 Å². The van der Waals surface area contributed by atoms with Crippen LogP contribution in [-0.4, -0.2) is 28.9 Å². The van der Waals surface area contributed by atoms with E-state index in [0.717, 1.165) is 11.3 Å². The van der Waals surface area contributed by atoms with Gasteiger partial charge in [-0.1, -0.05) is 18.2 Å². The van der Waals surface area contributed by atoms with Crippen molar-refractivity contribution in [3.63, 3.8) is 0 Å². The highest BCUT2D eigenvalue weighted by molar-refractivity contribution is 5.75. The summed E-state index contributed by atoms with van der Waals surface area (Å²) in [5.41, 5.74) is 0.386. The zero-order valence-corrected chi connectivity index (χ0v) is 12.4. The lowest BCUT2D eigenvalue weighted by molar-refractivity contribution is -0.166. The Labute approximate surface area is 119 Å². The molecule has 0 fully saturated rings. The SMILES string of the molecule is CC(C)OC(=O)[C@@H](O)[C@H]1Cc2ccccc2OC1(C)C. The van der Waals surface area contributed by atoms with Crippen LogP contribution in [0.4, 0.5) is 0 Å². The molecule has 4 heteroatoms. The second kappa shape index (κ2) is 5.44. The molecule has 0 saturated carbocycles. The molecule has 4 nitrogen and oxygen atoms in total. The van der Waals surface area contributed by atoms with E-state index < -0.39 is 17.7 Å². The highest BCUT2D eigenvalue weighted by atomic mass is 16.6. The molecule has 1 N–H and O–H groups in total. The molecule has 0 bridgehead atoms. The third-order valence-corrected chi connectivity index (χ3v) is 3.65. The van der Waals surface area contributed by atoms with Gasteiger partial charge in [0.1, 0.15) is 11.4 Å². The first kappa shape index (κ1) is 14.9. The average Bonchev–Trinajstić information content (AvgIpc) is 2.35. The van der Waals surface area contributed by atoms with E-state index in [0.29, 0.717) is 6.42 Å². The summed E-state index contributed by atoms with van der Waals surface area (Å²) in [5, 5.41) is 10.3. The maximum absolute atomic E-state index is 11.9. The molecular weight excluding hydrogens is 256 g/mol. The van der Waals surface area contributed by atoms with Crippen molar-refractivity contribution < 1.29 is 19.4 Å². The summed E-state index contributed by atoms with van der Waals surface area (Å²) in [6.07, 6.45) is -0.824. The molecule has 1 aliphatic rings. The number of fused-ring (bicyclic) bond motifs is 1. The molecule has 20 heavy (non-hydrogen) atoms. The van der Waals surface area contributed by atoms with Gasteiger partial charge in [-0.3, -0.25) is 0 Å². The molecule has 0 spiro atoms. The van der Waals surface area contributed by atoms with Crippen molar-refractivity contribution in [2.24, 2.45) is 5.92 Å². The minimum atomic E-state index is -1.18. The molecule has 1 aliphatic heterocycles. The van der Waals surface area contributed by atoms with Crippen LogP contribution in [0.3, 0.4) is 0 Å². The van der Waals surface area contributed by atoms with Gasteiger partial charge in [0, 0.05) is 5.92 Å². The Hall–Kier alpha value is -1.55. The second-order valence-electron chi connectivity index (χ2n) is 6.05. The lowest BCUT2D eigenvalue weighted by Gasteiger charge is -2.41. The summed E-state index contributed by atoms with van der Waals surface area (Å²) >= 11 is 0. The second-order valence-corrected chi connectivity index (χ2v) is 6.05. The fourth-order valence-electron chi connectivity index (χ4n) is 2.57. The molecule has 0 amide bonds. The minimum Gasteiger partial charge on any atom is -0.487 e. The first-order valence-corrected chi connectivity index (χ1v) is 6.96. The van der Waals surface area contributed by atoms with Gasteiger partial charge >= 0.3 is 5.97 Å². The number of aliphatic hydroxyl groups excluding tert-OH is 1. The van der Waals surface area contributed by atoms with E-state index >= 15 is 0 Å². The van der Waals surface area contributed by atoms with Crippen molar-refractivity contribution in [1.29, 1.82) is 0 Å². The van der Waals surface area contributed by atoms with Crippen molar-refractivity contribution in [1.82, 2.24) is 0 Å². The summed E-state index contributed by atoms with van der Waals surface area (Å²) < 4.78 is 11.0. The molecule has 2 atom stereocenters. The summed E-state index contributed by atoms with van der Waals surface area (Å²) in [6.45, 7) is 7.31. The Morgan fingerprint density at radius 3 is 2.70 bits per heavy atom. The van der Waals surface area contributed by atoms with E-state index in [1.54, 1.807) is 13.8 Å². The van der Waals surface area contributed by atoms with Gasteiger partial charge in [-0.15, -0.1) is 0 Å². The van der Waals surface area contributed by atoms with Gasteiger partial charge in [-0.2, -0.15) is 0 Å². The first-order chi connectivity index (χ1) is 9.31. The fourth-order valence-corrected chi connectivity index (χ4v) is 2.57. The van der Waals surface area contributed by atoms with Crippen molar-refractivity contribution in [3.05, 3.63) is 29.8 Å². The van der Waals surface area contributed by atoms with Gasteiger partial charge in [0.25, 0.3) is 0 Å². The predicted molar refractivity (Wildman–Crippen MR) is 75.6 cm³/mol. The fraction of sp³-hybridized carbons (Fsp3) is 0.562. The summed E-state index contributed by atoms with van der Waals surface area (Å²) in [7, 11) is 0. The molecule has 1 aromatic carbocycles. The largest absolute Gasteiger partial charge is 0.487 e. The number of esters is 1. The molecule has 1 heterocycles. The standard InChI is InChI=1S/C16H22O4/c1-10(2)19-15(18)14(17)12-9-11-7-5-6-8-13(11)20-16(12,3)4/h5-8,10,12,14,17H,9H2,1-4H3/t12-,14+/m1/s1. The van der Waals surface area contributed by atoms with Crippen molar-refractivity contribution in [2.75, 3.05) is 0 Å². The van der Waals surface area contributed by atoms with Crippen LogP contribution < -0.4 is 4.74 Å². The summed E-state index contributed by atoms with van der Waals surface area (Å²) in [5.74, 6) is -0.0946. The Balaban J connectivity index is 2.21. The number of hydrogen-bond donors (Lipinski definition) is 1. The third-order valence-electron chi connectivity index (χ3n) is 3.65. The van der Waals surface area contributed by atoms with Crippen LogP contribution in [0.25, 0.3) is 0 Å². The minimum absolute atomic E-state index is 0.239. The molecule has 0 radical (unpaired) electrons. The number of hydrogen-bond acceptors (Lipinski definition) is 4. The summed E-state index contributed by atoms with van der Waals surface area (Å²) in [4.78, 5) is 11.9. The first-order valence-electron chi connectivity index (χ1n) is 6.96. The monoisotopic (exact) mass is 278 g/mol. The number of rotatable bonds is 3. The number of carbonyl (C=O) groups is 1. The highest BCUT2D eigenvalue weighted by Crippen LogP contribution is 2.38. The Morgan fingerprint density at radius 2 is 2.05 bits per heavy atom. The molecule has 0 saturated heterocycles. The van der Waals surface area contributed by atoms with Gasteiger partial charge in [0.15, 0.2) is 6.10 Å². The van der Waals surface area contributed by atoms with E-state index in [2.05, 4.69) is 0 Å². The number of para-hydroxylation sites is 1. The summed E-state index contributed by atoms with van der Waals surface area (Å²) in [6, 6.07) is 7.71. The number of ether oxygens (including phenoxy) is 2. The molecule has 110 valence electrons. The quantitative estimate of drug-likeness (QED) is 0.862. The van der Waals surface area contributed by atoms with E-state index in [4.69, 9.17) is 9.47 Å². The van der Waals surface area contributed by atoms with Gasteiger partial charge < -0.3 is 14.6 Å². The Bertz CT molecular complexity index is 493. The van der Waals surface area contributed by atoms with Gasteiger partial charge in [-0.25, -0.2) is 4.79 Å². The van der Waals surface area contributed by atoms with Crippen LogP contribution in [0.5, 0.6) is 5.75 Å². The van der Waals surface area contributed by atoms with Crippen LogP contribution in [-0.2, 0) is 16.0 Å². The van der Waals surface area contributed by atoms with Gasteiger partial charge in [-0.05, 0) is 45.7 Å². The van der Waals surface area contributed by atoms with Crippen LogP contribution in [0, 0.1) is 5.92 Å². The third kappa shape index (κ3) is 2.96. The van der Waals surface area contributed by atoms with Crippen molar-refractivity contribution >= 4 is 5.97 Å². The van der Waals surface area contributed by atoms with Crippen LogP contribution >= 0.6 is 0 Å². The maximum atomic E-state index is 11.9. The molecule has 1 aromatic rings. The Kier molecular flexibility index (Phi) is 4.04. The number of benzene rings is 1. The predicted octanol–water partition coefficient (Wildman–Crippen LogP) is 2.33. The van der Waals surface area contributed by atoms with Crippen LogP contribution in [0.2, 0.25) is 0 Å². The van der Waals surface area contributed by atoms with E-state index in [9.17, 15) is 9.90 Å². The molecule has 0 aromatic heterocycles. The highest BCUT2D eigenvalue weighted by Gasteiger charge is 2.44. The van der Waals surface area contributed by atoms with E-state index in [1.807, 2.05) is 38.1 Å². The Morgan fingerprint density at radius 1 is 1.40 bits per heavy atom. The maximum Gasteiger partial charge on any atom is 0.335 e. The smallest absolute Gasteiger partial charge is 0.335 e. The van der Waals surface area contributed by atoms with Crippen molar-refractivity contribution in [2.45, 2.75) is 51.9 Å². The topological polar surface area (TPSA) is 55.8 Å². The lowest BCUT2D eigenvalue weighted by Crippen LogP contribution is -2.51. The number of carbonyl (C=O) groups excluding carboxylic acids is 1. The van der Waals surface area contributed by atoms with Crippen molar-refractivity contribution in [3.8, 4) is 5.75 Å². The van der Waals surface area contributed by atoms with Gasteiger partial charge in [0.05, 0.1) is 6.10 Å². The molecule has 2 rings (SSSR count). The normalized spacial score (nSPS) is 21.8. The molecule has 0 unspecified atom stereocenters. The average molecular weight is 278 g/mol. The van der Waals surface area contributed by atoms with Crippen LogP contribution in [0.1, 0.15) is 33.3 Å². The van der Waals surface area contributed by atoms with Gasteiger partial charge in [0.2, 0.25) is 0 Å². The zero-order valence-electron chi connectivity index (χ0n) is 12.4. The zero-order chi connectivity index (χ0) is 14.9. The molecule has 0 aliphatic carbocycles. The van der Waals surface area contributed by atoms with E-state index in [-0.39, 0.29) is 12.0 Å².